The Bertz CT molecular complexity index is 722. The molecule has 5 nitrogen and oxygen atoms in total. The molecule has 0 unspecified atom stereocenters. The van der Waals surface area contributed by atoms with E-state index in [0.29, 0.717) is 13.2 Å². The van der Waals surface area contributed by atoms with Crippen molar-refractivity contribution in [2.24, 2.45) is 5.41 Å². The van der Waals surface area contributed by atoms with Gasteiger partial charge in [-0.1, -0.05) is 12.1 Å². The fourth-order valence-corrected chi connectivity index (χ4v) is 4.21. The van der Waals surface area contributed by atoms with Crippen molar-refractivity contribution in [3.8, 4) is 16.9 Å². The van der Waals surface area contributed by atoms with Gasteiger partial charge in [0, 0.05) is 12.0 Å². The molecule has 0 spiro atoms. The predicted molar refractivity (Wildman–Crippen MR) is 112 cm³/mol. The average molecular weight is 411 g/mol. The van der Waals surface area contributed by atoms with Gasteiger partial charge in [-0.25, -0.2) is 0 Å². The smallest absolute Gasteiger partial charge is 0.228 e. The lowest BCUT2D eigenvalue weighted by atomic mass is 9.78. The second kappa shape index (κ2) is 10.1. The molecule has 148 valence electrons. The molecule has 2 aromatic rings. The number of ether oxygens (including phenoxy) is 2. The summed E-state index contributed by atoms with van der Waals surface area (Å²) in [5, 5.41) is 8.56. The van der Waals surface area contributed by atoms with Crippen LogP contribution in [0.5, 0.6) is 5.75 Å². The summed E-state index contributed by atoms with van der Waals surface area (Å²) in [4.78, 5) is 13.9. The normalized spacial score (nSPS) is 15.6. The molecule has 1 aromatic heterocycles. The number of halogens is 1. The lowest BCUT2D eigenvalue weighted by molar-refractivity contribution is -0.136. The van der Waals surface area contributed by atoms with Gasteiger partial charge in [-0.3, -0.25) is 4.79 Å². The minimum Gasteiger partial charge on any atom is -0.497 e. The number of hydrogen-bond donors (Lipinski definition) is 2. The van der Waals surface area contributed by atoms with Crippen LogP contribution in [-0.2, 0) is 16.1 Å². The van der Waals surface area contributed by atoms with E-state index in [1.54, 1.807) is 25.6 Å². The first-order valence-corrected chi connectivity index (χ1v) is 9.75. The van der Waals surface area contributed by atoms with Crippen LogP contribution in [0.15, 0.2) is 35.7 Å². The van der Waals surface area contributed by atoms with Crippen LogP contribution in [0.1, 0.15) is 17.7 Å². The molecule has 0 atom stereocenters. The minimum absolute atomic E-state index is 0. The maximum Gasteiger partial charge on any atom is 0.228 e. The Kier molecular flexibility index (Phi) is 8.10. The maximum atomic E-state index is 12.8. The lowest BCUT2D eigenvalue weighted by Crippen LogP contribution is -2.49. The van der Waals surface area contributed by atoms with Crippen molar-refractivity contribution in [1.82, 2.24) is 10.6 Å². The number of thiophene rings is 1. The number of methoxy groups -OCH3 is 2. The topological polar surface area (TPSA) is 59.6 Å². The van der Waals surface area contributed by atoms with Gasteiger partial charge in [-0.05, 0) is 60.6 Å². The molecule has 2 heterocycles. The lowest BCUT2D eigenvalue weighted by Gasteiger charge is -2.35. The molecule has 7 heteroatoms. The number of nitrogens with one attached hydrogen (secondary N) is 2. The number of amides is 1. The average Bonchev–Trinajstić information content (AvgIpc) is 3.16. The van der Waals surface area contributed by atoms with E-state index >= 15 is 0 Å². The summed E-state index contributed by atoms with van der Waals surface area (Å²) in [6.07, 6.45) is 1.63. The molecule has 1 saturated heterocycles. The van der Waals surface area contributed by atoms with Crippen molar-refractivity contribution in [2.45, 2.75) is 19.4 Å². The van der Waals surface area contributed by atoms with Crippen LogP contribution >= 0.6 is 23.7 Å². The van der Waals surface area contributed by atoms with Crippen molar-refractivity contribution in [2.75, 3.05) is 33.9 Å². The first-order chi connectivity index (χ1) is 12.7. The van der Waals surface area contributed by atoms with Crippen LogP contribution in [0.2, 0.25) is 0 Å². The Labute approximate surface area is 170 Å². The van der Waals surface area contributed by atoms with E-state index in [9.17, 15) is 4.79 Å². The van der Waals surface area contributed by atoms with Crippen LogP contribution in [0.3, 0.4) is 0 Å². The molecule has 1 aromatic carbocycles. The van der Waals surface area contributed by atoms with E-state index in [0.717, 1.165) is 47.7 Å². The van der Waals surface area contributed by atoms with Gasteiger partial charge in [0.05, 0.1) is 25.7 Å². The van der Waals surface area contributed by atoms with E-state index in [-0.39, 0.29) is 18.3 Å². The van der Waals surface area contributed by atoms with E-state index in [1.165, 1.54) is 0 Å². The maximum absolute atomic E-state index is 12.8. The summed E-state index contributed by atoms with van der Waals surface area (Å²) in [7, 11) is 3.33. The summed E-state index contributed by atoms with van der Waals surface area (Å²) in [6.45, 7) is 2.75. The van der Waals surface area contributed by atoms with Gasteiger partial charge in [0.25, 0.3) is 0 Å². The van der Waals surface area contributed by atoms with Crippen molar-refractivity contribution >= 4 is 29.7 Å². The summed E-state index contributed by atoms with van der Waals surface area (Å²) < 4.78 is 10.5. The summed E-state index contributed by atoms with van der Waals surface area (Å²) in [5.41, 5.74) is 1.90. The van der Waals surface area contributed by atoms with Crippen LogP contribution in [0, 0.1) is 5.41 Å². The molecule has 0 aliphatic carbocycles. The summed E-state index contributed by atoms with van der Waals surface area (Å²) in [6, 6.07) is 10.1. The Morgan fingerprint density at radius 2 is 1.89 bits per heavy atom. The number of carbonyl (C=O) groups excluding carboxylic acids is 1. The number of hydrogen-bond acceptors (Lipinski definition) is 5. The molecular weight excluding hydrogens is 384 g/mol. The van der Waals surface area contributed by atoms with Crippen molar-refractivity contribution < 1.29 is 14.3 Å². The highest BCUT2D eigenvalue weighted by Gasteiger charge is 2.39. The number of piperidine rings is 1. The molecule has 1 amide bonds. The van der Waals surface area contributed by atoms with Gasteiger partial charge in [0.2, 0.25) is 5.91 Å². The van der Waals surface area contributed by atoms with Gasteiger partial charge < -0.3 is 20.1 Å². The Hall–Kier alpha value is -1.60. The Morgan fingerprint density at radius 3 is 2.52 bits per heavy atom. The van der Waals surface area contributed by atoms with E-state index in [4.69, 9.17) is 9.47 Å². The molecule has 3 rings (SSSR count). The van der Waals surface area contributed by atoms with Crippen LogP contribution in [0.25, 0.3) is 11.1 Å². The SMILES string of the molecule is COCC1(C(=O)NCc2cc(-c3ccc(OC)cc3)cs2)CCNCC1.Cl. The fraction of sp³-hybridized carbons (Fsp3) is 0.450. The van der Waals surface area contributed by atoms with Crippen molar-refractivity contribution in [3.63, 3.8) is 0 Å². The zero-order valence-electron chi connectivity index (χ0n) is 15.7. The molecule has 1 aliphatic rings. The Morgan fingerprint density at radius 1 is 1.19 bits per heavy atom. The van der Waals surface area contributed by atoms with Gasteiger partial charge in [0.15, 0.2) is 0 Å². The van der Waals surface area contributed by atoms with Gasteiger partial charge in [-0.2, -0.15) is 0 Å². The van der Waals surface area contributed by atoms with Crippen molar-refractivity contribution in [1.29, 1.82) is 0 Å². The number of carbonyl (C=O) groups is 1. The molecule has 1 aliphatic heterocycles. The van der Waals surface area contributed by atoms with E-state index in [2.05, 4.69) is 22.1 Å². The van der Waals surface area contributed by atoms with E-state index < -0.39 is 5.41 Å². The van der Waals surface area contributed by atoms with E-state index in [1.807, 2.05) is 24.3 Å². The summed E-state index contributed by atoms with van der Waals surface area (Å²) in [5.74, 6) is 0.946. The molecule has 27 heavy (non-hydrogen) atoms. The van der Waals surface area contributed by atoms with Crippen LogP contribution < -0.4 is 15.4 Å². The molecular formula is C20H27ClN2O3S. The third-order valence-corrected chi connectivity index (χ3v) is 5.90. The monoisotopic (exact) mass is 410 g/mol. The third kappa shape index (κ3) is 5.23. The number of benzene rings is 1. The standard InChI is InChI=1S/C20H26N2O3S.ClH/c1-24-14-20(7-9-21-10-8-20)19(23)22-12-18-11-16(13-26-18)15-3-5-17(25-2)6-4-15;/h3-6,11,13,21H,7-10,12,14H2,1-2H3,(H,22,23);1H. The predicted octanol–water partition coefficient (Wildman–Crippen LogP) is 3.48. The molecule has 0 bridgehead atoms. The fourth-order valence-electron chi connectivity index (χ4n) is 3.38. The first-order valence-electron chi connectivity index (χ1n) is 8.87. The quantitative estimate of drug-likeness (QED) is 0.733. The highest BCUT2D eigenvalue weighted by atomic mass is 35.5. The minimum atomic E-state index is -0.407. The second-order valence-corrected chi connectivity index (χ2v) is 7.67. The molecule has 1 fully saturated rings. The zero-order chi connectivity index (χ0) is 18.4. The second-order valence-electron chi connectivity index (χ2n) is 6.68. The highest BCUT2D eigenvalue weighted by molar-refractivity contribution is 7.10. The third-order valence-electron chi connectivity index (χ3n) is 4.96. The zero-order valence-corrected chi connectivity index (χ0v) is 17.4. The first kappa shape index (κ1) is 21.7. The molecule has 2 N–H and O–H groups in total. The largest absolute Gasteiger partial charge is 0.497 e. The van der Waals surface area contributed by atoms with Gasteiger partial charge in [-0.15, -0.1) is 23.7 Å². The van der Waals surface area contributed by atoms with Gasteiger partial charge >= 0.3 is 0 Å². The van der Waals surface area contributed by atoms with Crippen molar-refractivity contribution in [3.05, 3.63) is 40.6 Å². The van der Waals surface area contributed by atoms with Crippen LogP contribution in [0.4, 0.5) is 0 Å². The number of rotatable bonds is 7. The molecule has 0 saturated carbocycles. The molecule has 0 radical (unpaired) electrons. The van der Waals surface area contributed by atoms with Crippen LogP contribution in [-0.4, -0.2) is 39.8 Å². The summed E-state index contributed by atoms with van der Waals surface area (Å²) >= 11 is 1.67. The van der Waals surface area contributed by atoms with Gasteiger partial charge in [0.1, 0.15) is 5.75 Å². The highest BCUT2D eigenvalue weighted by Crippen LogP contribution is 2.30. The Balaban J connectivity index is 0.00000261.